The van der Waals surface area contributed by atoms with Crippen LogP contribution in [0.15, 0.2) is 41.5 Å². The monoisotopic (exact) mass is 431 g/mol. The summed E-state index contributed by atoms with van der Waals surface area (Å²) < 4.78 is 18.1. The molecule has 1 aliphatic heterocycles. The molecule has 4 heterocycles. The van der Waals surface area contributed by atoms with Gasteiger partial charge in [0.05, 0.1) is 31.2 Å². The molecular weight excluding hydrogens is 410 g/mol. The van der Waals surface area contributed by atoms with Crippen LogP contribution in [0.2, 0.25) is 0 Å². The summed E-state index contributed by atoms with van der Waals surface area (Å²) in [6, 6.07) is 5.61. The van der Waals surface area contributed by atoms with Gasteiger partial charge in [0.15, 0.2) is 0 Å². The second-order valence-electron chi connectivity index (χ2n) is 7.39. The van der Waals surface area contributed by atoms with Gasteiger partial charge in [0.1, 0.15) is 29.3 Å². The lowest BCUT2D eigenvalue weighted by Gasteiger charge is -2.12. The molecule has 3 aromatic heterocycles. The van der Waals surface area contributed by atoms with Gasteiger partial charge in [-0.1, -0.05) is 11.8 Å². The SMILES string of the molecule is COc1cc(C#Cc2cn([C@@H]3CN[C@H](c4nnco4)C3)c3ncnc(N)c23)cc(OC)c1. The molecule has 32 heavy (non-hydrogen) atoms. The molecule has 0 radical (unpaired) electrons. The highest BCUT2D eigenvalue weighted by molar-refractivity contribution is 5.92. The van der Waals surface area contributed by atoms with Crippen molar-refractivity contribution in [2.75, 3.05) is 26.5 Å². The van der Waals surface area contributed by atoms with E-state index in [2.05, 4.69) is 41.9 Å². The fraction of sp³-hybridized carbons (Fsp3) is 0.273. The lowest BCUT2D eigenvalue weighted by atomic mass is 10.1. The number of hydrogen-bond donors (Lipinski definition) is 2. The minimum atomic E-state index is -0.0158. The van der Waals surface area contributed by atoms with Crippen molar-refractivity contribution in [3.8, 4) is 23.3 Å². The molecule has 0 spiro atoms. The molecule has 10 heteroatoms. The Morgan fingerprint density at radius 2 is 1.97 bits per heavy atom. The molecule has 1 aromatic carbocycles. The maximum absolute atomic E-state index is 6.21. The van der Waals surface area contributed by atoms with Gasteiger partial charge in [-0.05, 0) is 18.6 Å². The van der Waals surface area contributed by atoms with Crippen LogP contribution in [0.3, 0.4) is 0 Å². The number of benzene rings is 1. The van der Waals surface area contributed by atoms with Crippen molar-refractivity contribution in [3.05, 3.63) is 54.1 Å². The molecule has 0 saturated carbocycles. The first kappa shape index (κ1) is 19.8. The number of nitrogens with zero attached hydrogens (tertiary/aromatic N) is 5. The van der Waals surface area contributed by atoms with E-state index in [9.17, 15) is 0 Å². The highest BCUT2D eigenvalue weighted by Gasteiger charge is 2.31. The van der Waals surface area contributed by atoms with Crippen molar-refractivity contribution < 1.29 is 13.9 Å². The predicted octanol–water partition coefficient (Wildman–Crippen LogP) is 2.09. The van der Waals surface area contributed by atoms with Gasteiger partial charge in [0.2, 0.25) is 12.3 Å². The van der Waals surface area contributed by atoms with Crippen LogP contribution in [-0.2, 0) is 0 Å². The second kappa shape index (κ2) is 8.20. The van der Waals surface area contributed by atoms with E-state index in [1.165, 1.54) is 12.7 Å². The molecule has 3 N–H and O–H groups in total. The van der Waals surface area contributed by atoms with Crippen LogP contribution in [0.5, 0.6) is 11.5 Å². The molecule has 5 rings (SSSR count). The first-order valence-electron chi connectivity index (χ1n) is 10.0. The van der Waals surface area contributed by atoms with Gasteiger partial charge in [0.25, 0.3) is 0 Å². The summed E-state index contributed by atoms with van der Waals surface area (Å²) in [5.41, 5.74) is 8.46. The van der Waals surface area contributed by atoms with E-state index in [4.69, 9.17) is 19.6 Å². The van der Waals surface area contributed by atoms with Crippen molar-refractivity contribution in [1.82, 2.24) is 30.0 Å². The summed E-state index contributed by atoms with van der Waals surface area (Å²) in [5.74, 6) is 8.71. The average molecular weight is 431 g/mol. The maximum Gasteiger partial charge on any atom is 0.233 e. The van der Waals surface area contributed by atoms with Crippen molar-refractivity contribution in [1.29, 1.82) is 0 Å². The molecule has 0 aliphatic carbocycles. The average Bonchev–Trinajstić information content (AvgIpc) is 3.57. The Labute approximate surface area is 183 Å². The molecule has 2 atom stereocenters. The Morgan fingerprint density at radius 3 is 2.69 bits per heavy atom. The number of anilines is 1. The molecule has 1 fully saturated rings. The molecule has 1 aliphatic rings. The number of aromatic nitrogens is 5. The topological polar surface area (TPSA) is 126 Å². The molecule has 162 valence electrons. The zero-order chi connectivity index (χ0) is 22.1. The fourth-order valence-electron chi connectivity index (χ4n) is 3.95. The van der Waals surface area contributed by atoms with Gasteiger partial charge in [0, 0.05) is 30.4 Å². The maximum atomic E-state index is 6.21. The number of nitrogen functional groups attached to an aromatic ring is 1. The first-order valence-corrected chi connectivity index (χ1v) is 10.0. The highest BCUT2D eigenvalue weighted by Crippen LogP contribution is 2.34. The Kier molecular flexibility index (Phi) is 5.09. The van der Waals surface area contributed by atoms with Crippen molar-refractivity contribution in [3.63, 3.8) is 0 Å². The first-order chi connectivity index (χ1) is 15.7. The standard InChI is InChI=1S/C22H21N7O3/c1-30-16-5-13(6-17(8-16)31-2)3-4-14-10-29(21-19(14)20(23)25-11-26-21)15-7-18(24-9-15)22-28-27-12-32-22/h5-6,8,10-12,15,18,24H,7,9H2,1-2H3,(H2,23,25,26)/t15-,18-/m0/s1. The van der Waals surface area contributed by atoms with Gasteiger partial charge in [-0.3, -0.25) is 0 Å². The Bertz CT molecular complexity index is 1300. The number of fused-ring (bicyclic) bond motifs is 1. The van der Waals surface area contributed by atoms with Gasteiger partial charge < -0.3 is 29.5 Å². The zero-order valence-corrected chi connectivity index (χ0v) is 17.6. The number of hydrogen-bond acceptors (Lipinski definition) is 9. The summed E-state index contributed by atoms with van der Waals surface area (Å²) in [4.78, 5) is 8.66. The summed E-state index contributed by atoms with van der Waals surface area (Å²) in [5, 5.41) is 11.9. The molecule has 0 amide bonds. The zero-order valence-electron chi connectivity index (χ0n) is 17.6. The fourth-order valence-corrected chi connectivity index (χ4v) is 3.95. The van der Waals surface area contributed by atoms with Crippen LogP contribution in [0.4, 0.5) is 5.82 Å². The molecule has 10 nitrogen and oxygen atoms in total. The van der Waals surface area contributed by atoms with Crippen LogP contribution >= 0.6 is 0 Å². The predicted molar refractivity (Wildman–Crippen MR) is 116 cm³/mol. The van der Waals surface area contributed by atoms with Crippen LogP contribution in [-0.4, -0.2) is 45.5 Å². The smallest absolute Gasteiger partial charge is 0.233 e. The minimum absolute atomic E-state index is 0.0158. The third kappa shape index (κ3) is 3.59. The number of rotatable bonds is 4. The van der Waals surface area contributed by atoms with Crippen molar-refractivity contribution in [2.24, 2.45) is 0 Å². The quantitative estimate of drug-likeness (QED) is 0.467. The Morgan fingerprint density at radius 1 is 1.16 bits per heavy atom. The van der Waals surface area contributed by atoms with Crippen molar-refractivity contribution in [2.45, 2.75) is 18.5 Å². The molecule has 0 unspecified atom stereocenters. The van der Waals surface area contributed by atoms with Crippen LogP contribution in [0, 0.1) is 11.8 Å². The minimum Gasteiger partial charge on any atom is -0.497 e. The van der Waals surface area contributed by atoms with E-state index < -0.39 is 0 Å². The summed E-state index contributed by atoms with van der Waals surface area (Å²) in [6.07, 6.45) is 5.55. The largest absolute Gasteiger partial charge is 0.497 e. The van der Waals surface area contributed by atoms with E-state index in [0.717, 1.165) is 35.1 Å². The third-order valence-corrected chi connectivity index (χ3v) is 5.51. The van der Waals surface area contributed by atoms with E-state index in [1.807, 2.05) is 18.3 Å². The summed E-state index contributed by atoms with van der Waals surface area (Å²) in [6.45, 7) is 0.723. The number of methoxy groups -OCH3 is 2. The highest BCUT2D eigenvalue weighted by atomic mass is 16.5. The van der Waals surface area contributed by atoms with Crippen LogP contribution in [0.1, 0.15) is 35.5 Å². The molecule has 1 saturated heterocycles. The molecule has 0 bridgehead atoms. The van der Waals surface area contributed by atoms with Gasteiger partial charge in [-0.15, -0.1) is 10.2 Å². The normalized spacial score (nSPS) is 17.8. The van der Waals surface area contributed by atoms with E-state index >= 15 is 0 Å². The number of ether oxygens (including phenoxy) is 2. The third-order valence-electron chi connectivity index (χ3n) is 5.51. The molecule has 4 aromatic rings. The summed E-state index contributed by atoms with van der Waals surface area (Å²) in [7, 11) is 3.21. The summed E-state index contributed by atoms with van der Waals surface area (Å²) >= 11 is 0. The van der Waals surface area contributed by atoms with Gasteiger partial charge >= 0.3 is 0 Å². The van der Waals surface area contributed by atoms with Gasteiger partial charge in [-0.25, -0.2) is 9.97 Å². The Hall–Kier alpha value is -4.10. The number of nitrogens with one attached hydrogen (secondary N) is 1. The van der Waals surface area contributed by atoms with Crippen molar-refractivity contribution >= 4 is 16.9 Å². The lowest BCUT2D eigenvalue weighted by molar-refractivity contribution is 0.394. The number of nitrogens with two attached hydrogens (primary N) is 1. The molecular formula is C22H21N7O3. The van der Waals surface area contributed by atoms with E-state index in [1.54, 1.807) is 20.3 Å². The van der Waals surface area contributed by atoms with Gasteiger partial charge in [-0.2, -0.15) is 0 Å². The van der Waals surface area contributed by atoms with E-state index in [-0.39, 0.29) is 12.1 Å². The second-order valence-corrected chi connectivity index (χ2v) is 7.39. The van der Waals surface area contributed by atoms with Crippen LogP contribution < -0.4 is 20.5 Å². The van der Waals surface area contributed by atoms with Crippen LogP contribution in [0.25, 0.3) is 11.0 Å². The lowest BCUT2D eigenvalue weighted by Crippen LogP contribution is -2.15. The van der Waals surface area contributed by atoms with E-state index in [0.29, 0.717) is 23.2 Å². The Balaban J connectivity index is 1.53.